The van der Waals surface area contributed by atoms with Gasteiger partial charge in [-0.05, 0) is 37.8 Å². The topological polar surface area (TPSA) is 55.3 Å². The van der Waals surface area contributed by atoms with Crippen molar-refractivity contribution in [2.75, 3.05) is 18.6 Å². The van der Waals surface area contributed by atoms with Crippen molar-refractivity contribution in [2.45, 2.75) is 32.7 Å². The maximum atomic E-state index is 11.3. The number of carbonyl (C=O) groups excluding carboxylic acids is 1. The van der Waals surface area contributed by atoms with Gasteiger partial charge in [-0.2, -0.15) is 0 Å². The Morgan fingerprint density at radius 1 is 1.39 bits per heavy atom. The minimum atomic E-state index is -0.450. The molecule has 2 unspecified atom stereocenters. The summed E-state index contributed by atoms with van der Waals surface area (Å²) in [5.74, 6) is 1.15. The van der Waals surface area contributed by atoms with E-state index in [4.69, 9.17) is 0 Å². The van der Waals surface area contributed by atoms with E-state index in [1.807, 2.05) is 6.07 Å². The number of esters is 1. The minimum Gasteiger partial charge on any atom is -0.464 e. The van der Waals surface area contributed by atoms with Crippen molar-refractivity contribution in [2.24, 2.45) is 5.92 Å². The third kappa shape index (κ3) is 2.60. The van der Waals surface area contributed by atoms with Crippen molar-refractivity contribution < 1.29 is 9.53 Å². The lowest BCUT2D eigenvalue weighted by molar-refractivity contribution is 0.0592. The van der Waals surface area contributed by atoms with E-state index in [9.17, 15) is 4.79 Å². The SMILES string of the molecule is COC(=O)c1ccc(N2CCC(C)CC2C)nn1. The molecule has 98 valence electrons. The van der Waals surface area contributed by atoms with Gasteiger partial charge >= 0.3 is 5.97 Å². The van der Waals surface area contributed by atoms with Crippen molar-refractivity contribution in [3.05, 3.63) is 17.8 Å². The van der Waals surface area contributed by atoms with Crippen LogP contribution in [0.15, 0.2) is 12.1 Å². The first kappa shape index (κ1) is 12.8. The van der Waals surface area contributed by atoms with Crippen LogP contribution in [0.5, 0.6) is 0 Å². The molecule has 2 rings (SSSR count). The number of rotatable bonds is 2. The van der Waals surface area contributed by atoms with Gasteiger partial charge in [-0.1, -0.05) is 6.92 Å². The highest BCUT2D eigenvalue weighted by Gasteiger charge is 2.24. The van der Waals surface area contributed by atoms with E-state index >= 15 is 0 Å². The fraction of sp³-hybridized carbons (Fsp3) is 0.615. The number of hydrogen-bond acceptors (Lipinski definition) is 5. The Hall–Kier alpha value is -1.65. The molecule has 2 heterocycles. The predicted octanol–water partition coefficient (Wildman–Crippen LogP) is 1.89. The fourth-order valence-electron chi connectivity index (χ4n) is 2.44. The third-order valence-electron chi connectivity index (χ3n) is 3.48. The van der Waals surface area contributed by atoms with Crippen LogP contribution in [0, 0.1) is 5.92 Å². The standard InChI is InChI=1S/C13H19N3O2/c1-9-6-7-16(10(2)8-9)12-5-4-11(14-15-12)13(17)18-3/h4-5,9-10H,6-8H2,1-3H3. The number of methoxy groups -OCH3 is 1. The van der Waals surface area contributed by atoms with Gasteiger partial charge in [-0.25, -0.2) is 4.79 Å². The molecule has 5 heteroatoms. The van der Waals surface area contributed by atoms with Gasteiger partial charge in [-0.3, -0.25) is 0 Å². The second-order valence-electron chi connectivity index (χ2n) is 4.94. The van der Waals surface area contributed by atoms with Gasteiger partial charge in [0, 0.05) is 12.6 Å². The number of ether oxygens (including phenoxy) is 1. The van der Waals surface area contributed by atoms with Crippen LogP contribution in [-0.4, -0.2) is 35.9 Å². The first-order chi connectivity index (χ1) is 8.61. The minimum absolute atomic E-state index is 0.249. The van der Waals surface area contributed by atoms with Crippen molar-refractivity contribution in [1.29, 1.82) is 0 Å². The zero-order chi connectivity index (χ0) is 13.1. The normalized spacial score (nSPS) is 23.8. The lowest BCUT2D eigenvalue weighted by atomic mass is 9.93. The molecule has 2 atom stereocenters. The lowest BCUT2D eigenvalue weighted by Crippen LogP contribution is -2.40. The average molecular weight is 249 g/mol. The van der Waals surface area contributed by atoms with Crippen molar-refractivity contribution >= 4 is 11.8 Å². The molecule has 1 fully saturated rings. The molecule has 1 aliphatic heterocycles. The molecule has 0 spiro atoms. The Morgan fingerprint density at radius 3 is 2.72 bits per heavy atom. The highest BCUT2D eigenvalue weighted by molar-refractivity contribution is 5.86. The highest BCUT2D eigenvalue weighted by Crippen LogP contribution is 2.25. The predicted molar refractivity (Wildman–Crippen MR) is 68.6 cm³/mol. The second-order valence-corrected chi connectivity index (χ2v) is 4.94. The number of anilines is 1. The van der Waals surface area contributed by atoms with Crippen LogP contribution in [0.4, 0.5) is 5.82 Å². The molecular formula is C13H19N3O2. The van der Waals surface area contributed by atoms with Crippen LogP contribution in [0.1, 0.15) is 37.2 Å². The van der Waals surface area contributed by atoms with Crippen molar-refractivity contribution in [1.82, 2.24) is 10.2 Å². The van der Waals surface area contributed by atoms with E-state index in [0.717, 1.165) is 18.3 Å². The summed E-state index contributed by atoms with van der Waals surface area (Å²) in [4.78, 5) is 13.5. The Morgan fingerprint density at radius 2 is 2.17 bits per heavy atom. The summed E-state index contributed by atoms with van der Waals surface area (Å²) >= 11 is 0. The summed E-state index contributed by atoms with van der Waals surface area (Å²) in [6, 6.07) is 3.97. The molecule has 18 heavy (non-hydrogen) atoms. The van der Waals surface area contributed by atoms with Gasteiger partial charge in [0.1, 0.15) is 0 Å². The number of carbonyl (C=O) groups is 1. The number of hydrogen-bond donors (Lipinski definition) is 0. The lowest BCUT2D eigenvalue weighted by Gasteiger charge is -2.37. The number of aromatic nitrogens is 2. The summed E-state index contributed by atoms with van der Waals surface area (Å²) < 4.78 is 4.60. The zero-order valence-corrected chi connectivity index (χ0v) is 11.1. The first-order valence-corrected chi connectivity index (χ1v) is 6.30. The molecule has 0 radical (unpaired) electrons. The van der Waals surface area contributed by atoms with Crippen LogP contribution >= 0.6 is 0 Å². The maximum Gasteiger partial charge on any atom is 0.358 e. The first-order valence-electron chi connectivity index (χ1n) is 6.30. The van der Waals surface area contributed by atoms with Gasteiger partial charge in [-0.15, -0.1) is 10.2 Å². The summed E-state index contributed by atoms with van der Waals surface area (Å²) in [7, 11) is 1.34. The Balaban J connectivity index is 2.12. The average Bonchev–Trinajstić information content (AvgIpc) is 2.38. The molecule has 5 nitrogen and oxygen atoms in total. The molecular weight excluding hydrogens is 230 g/mol. The van der Waals surface area contributed by atoms with E-state index in [1.165, 1.54) is 20.0 Å². The molecule has 0 bridgehead atoms. The van der Waals surface area contributed by atoms with Gasteiger partial charge in [0.2, 0.25) is 0 Å². The van der Waals surface area contributed by atoms with E-state index < -0.39 is 5.97 Å². The number of piperidine rings is 1. The van der Waals surface area contributed by atoms with Gasteiger partial charge < -0.3 is 9.64 Å². The molecule has 1 aliphatic rings. The monoisotopic (exact) mass is 249 g/mol. The molecule has 0 saturated carbocycles. The van der Waals surface area contributed by atoms with Gasteiger partial charge in [0.25, 0.3) is 0 Å². The van der Waals surface area contributed by atoms with Crippen molar-refractivity contribution in [3.63, 3.8) is 0 Å². The van der Waals surface area contributed by atoms with E-state index in [0.29, 0.717) is 6.04 Å². The van der Waals surface area contributed by atoms with E-state index in [2.05, 4.69) is 33.7 Å². The molecule has 0 amide bonds. The van der Waals surface area contributed by atoms with Crippen LogP contribution < -0.4 is 4.90 Å². The molecule has 1 saturated heterocycles. The summed E-state index contributed by atoms with van der Waals surface area (Å²) in [5.41, 5.74) is 0.249. The largest absolute Gasteiger partial charge is 0.464 e. The highest BCUT2D eigenvalue weighted by atomic mass is 16.5. The molecule has 1 aromatic heterocycles. The molecule has 1 aromatic rings. The smallest absolute Gasteiger partial charge is 0.358 e. The summed E-state index contributed by atoms with van der Waals surface area (Å²) in [6.45, 7) is 5.47. The third-order valence-corrected chi connectivity index (χ3v) is 3.48. The molecule has 0 aliphatic carbocycles. The van der Waals surface area contributed by atoms with Crippen LogP contribution in [0.25, 0.3) is 0 Å². The summed E-state index contributed by atoms with van der Waals surface area (Å²) in [5, 5.41) is 8.03. The quantitative estimate of drug-likeness (QED) is 0.749. The fourth-order valence-corrected chi connectivity index (χ4v) is 2.44. The maximum absolute atomic E-state index is 11.3. The van der Waals surface area contributed by atoms with Crippen molar-refractivity contribution in [3.8, 4) is 0 Å². The van der Waals surface area contributed by atoms with E-state index in [1.54, 1.807) is 6.07 Å². The molecule has 0 aromatic carbocycles. The van der Waals surface area contributed by atoms with Crippen LogP contribution in [0.2, 0.25) is 0 Å². The van der Waals surface area contributed by atoms with Gasteiger partial charge in [0.15, 0.2) is 11.5 Å². The van der Waals surface area contributed by atoms with Gasteiger partial charge in [0.05, 0.1) is 7.11 Å². The Kier molecular flexibility index (Phi) is 3.79. The van der Waals surface area contributed by atoms with Crippen LogP contribution in [-0.2, 0) is 4.74 Å². The van der Waals surface area contributed by atoms with E-state index in [-0.39, 0.29) is 5.69 Å². The number of nitrogens with zero attached hydrogens (tertiary/aromatic N) is 3. The van der Waals surface area contributed by atoms with Crippen LogP contribution in [0.3, 0.4) is 0 Å². The Bertz CT molecular complexity index is 419. The molecule has 0 N–H and O–H groups in total. The zero-order valence-electron chi connectivity index (χ0n) is 11.1. The summed E-state index contributed by atoms with van der Waals surface area (Å²) in [6.07, 6.45) is 2.34. The second kappa shape index (κ2) is 5.33. The Labute approximate surface area is 107 Å².